The van der Waals surface area contributed by atoms with E-state index in [4.69, 9.17) is 0 Å². The molecule has 66 valence electrons. The van der Waals surface area contributed by atoms with Crippen LogP contribution in [0.5, 0.6) is 5.75 Å². The molecule has 2 N–H and O–H groups in total. The first-order valence-corrected chi connectivity index (χ1v) is 4.40. The summed E-state index contributed by atoms with van der Waals surface area (Å²) >= 11 is 3.29. The number of halogens is 1. The van der Waals surface area contributed by atoms with Gasteiger partial charge in [-0.15, -0.1) is 0 Å². The highest BCUT2D eigenvalue weighted by molar-refractivity contribution is 9.10. The summed E-state index contributed by atoms with van der Waals surface area (Å²) in [6, 6.07) is 0. The van der Waals surface area contributed by atoms with Gasteiger partial charge in [-0.2, -0.15) is 0 Å². The first kappa shape index (κ1) is 8.25. The summed E-state index contributed by atoms with van der Waals surface area (Å²) in [6.07, 6.45) is 6.31. The molecule has 13 heavy (non-hydrogen) atoms. The number of imidazole rings is 1. The standard InChI is InChI=1S/C8H6BrN3O/c9-5-3-10-4-6(13)7(5)8-11-1-2-12-8/h1-4,13H,(H,11,12). The van der Waals surface area contributed by atoms with E-state index in [-0.39, 0.29) is 5.75 Å². The van der Waals surface area contributed by atoms with Crippen LogP contribution in [0.4, 0.5) is 0 Å². The van der Waals surface area contributed by atoms with Crippen LogP contribution in [0.3, 0.4) is 0 Å². The number of aromatic amines is 1. The predicted octanol–water partition coefficient (Wildman–Crippen LogP) is 1.94. The van der Waals surface area contributed by atoms with Crippen molar-refractivity contribution in [1.82, 2.24) is 15.0 Å². The lowest BCUT2D eigenvalue weighted by molar-refractivity contribution is 0.474. The maximum absolute atomic E-state index is 9.51. The van der Waals surface area contributed by atoms with Gasteiger partial charge in [-0.05, 0) is 15.9 Å². The topological polar surface area (TPSA) is 61.8 Å². The van der Waals surface area contributed by atoms with Crippen molar-refractivity contribution in [3.63, 3.8) is 0 Å². The van der Waals surface area contributed by atoms with E-state index in [9.17, 15) is 5.11 Å². The number of H-pyrrole nitrogens is 1. The van der Waals surface area contributed by atoms with E-state index in [1.54, 1.807) is 18.6 Å². The third-order valence-electron chi connectivity index (χ3n) is 1.61. The Morgan fingerprint density at radius 2 is 2.23 bits per heavy atom. The fourth-order valence-electron chi connectivity index (χ4n) is 1.06. The Labute approximate surface area is 82.8 Å². The molecule has 2 rings (SSSR count). The molecule has 0 amide bonds. The van der Waals surface area contributed by atoms with E-state index in [1.165, 1.54) is 6.20 Å². The average molecular weight is 240 g/mol. The van der Waals surface area contributed by atoms with Crippen LogP contribution in [0.15, 0.2) is 29.3 Å². The zero-order chi connectivity index (χ0) is 9.26. The molecule has 2 aromatic heterocycles. The van der Waals surface area contributed by atoms with E-state index in [1.807, 2.05) is 0 Å². The van der Waals surface area contributed by atoms with Crippen molar-refractivity contribution in [2.75, 3.05) is 0 Å². The molecule has 5 heteroatoms. The van der Waals surface area contributed by atoms with Crippen molar-refractivity contribution in [2.24, 2.45) is 0 Å². The number of hydrogen-bond acceptors (Lipinski definition) is 3. The molecular weight excluding hydrogens is 234 g/mol. The van der Waals surface area contributed by atoms with E-state index in [0.29, 0.717) is 15.9 Å². The SMILES string of the molecule is Oc1cncc(Br)c1-c1ncc[nH]1. The van der Waals surface area contributed by atoms with Crippen LogP contribution in [0.2, 0.25) is 0 Å². The van der Waals surface area contributed by atoms with Crippen molar-refractivity contribution in [3.05, 3.63) is 29.3 Å². The van der Waals surface area contributed by atoms with Gasteiger partial charge in [0.25, 0.3) is 0 Å². The Morgan fingerprint density at radius 1 is 1.38 bits per heavy atom. The second kappa shape index (κ2) is 3.18. The molecule has 0 saturated heterocycles. The van der Waals surface area contributed by atoms with E-state index in [2.05, 4.69) is 30.9 Å². The summed E-state index contributed by atoms with van der Waals surface area (Å²) in [4.78, 5) is 10.8. The molecule has 0 aliphatic heterocycles. The third-order valence-corrected chi connectivity index (χ3v) is 2.22. The van der Waals surface area contributed by atoms with Crippen LogP contribution < -0.4 is 0 Å². The van der Waals surface area contributed by atoms with Crippen LogP contribution in [0.1, 0.15) is 0 Å². The lowest BCUT2D eigenvalue weighted by atomic mass is 10.2. The van der Waals surface area contributed by atoms with E-state index >= 15 is 0 Å². The Hall–Kier alpha value is -1.36. The largest absolute Gasteiger partial charge is 0.506 e. The molecule has 0 aliphatic rings. The first-order chi connectivity index (χ1) is 6.29. The van der Waals surface area contributed by atoms with Crippen molar-refractivity contribution in [3.8, 4) is 17.1 Å². The highest BCUT2D eigenvalue weighted by Gasteiger charge is 2.10. The Morgan fingerprint density at radius 3 is 2.85 bits per heavy atom. The molecule has 0 radical (unpaired) electrons. The zero-order valence-electron chi connectivity index (χ0n) is 6.53. The van der Waals surface area contributed by atoms with Gasteiger partial charge in [0, 0.05) is 18.6 Å². The van der Waals surface area contributed by atoms with Crippen molar-refractivity contribution < 1.29 is 5.11 Å². The van der Waals surface area contributed by atoms with Crippen LogP contribution >= 0.6 is 15.9 Å². The number of nitrogens with zero attached hydrogens (tertiary/aromatic N) is 2. The van der Waals surface area contributed by atoms with Crippen LogP contribution in [0, 0.1) is 0 Å². The van der Waals surface area contributed by atoms with Crippen molar-refractivity contribution >= 4 is 15.9 Å². The summed E-state index contributed by atoms with van der Waals surface area (Å²) < 4.78 is 0.711. The Balaban J connectivity index is 2.64. The summed E-state index contributed by atoms with van der Waals surface area (Å²) in [5, 5.41) is 9.51. The summed E-state index contributed by atoms with van der Waals surface area (Å²) in [5.74, 6) is 0.719. The minimum atomic E-state index is 0.101. The summed E-state index contributed by atoms with van der Waals surface area (Å²) in [6.45, 7) is 0. The van der Waals surface area contributed by atoms with Crippen LogP contribution in [-0.2, 0) is 0 Å². The summed E-state index contributed by atoms with van der Waals surface area (Å²) in [7, 11) is 0. The zero-order valence-corrected chi connectivity index (χ0v) is 8.12. The summed E-state index contributed by atoms with van der Waals surface area (Å²) in [5.41, 5.74) is 0.625. The molecule has 0 bridgehead atoms. The van der Waals surface area contributed by atoms with Gasteiger partial charge in [0.1, 0.15) is 11.6 Å². The normalized spacial score (nSPS) is 10.2. The second-order valence-corrected chi connectivity index (χ2v) is 3.31. The number of nitrogens with one attached hydrogen (secondary N) is 1. The van der Waals surface area contributed by atoms with Gasteiger partial charge in [0.05, 0.1) is 16.2 Å². The molecule has 0 aliphatic carbocycles. The first-order valence-electron chi connectivity index (χ1n) is 3.61. The number of hydrogen-bond donors (Lipinski definition) is 2. The van der Waals surface area contributed by atoms with Crippen LogP contribution in [0.25, 0.3) is 11.4 Å². The minimum absolute atomic E-state index is 0.101. The quantitative estimate of drug-likeness (QED) is 0.800. The van der Waals surface area contributed by atoms with Gasteiger partial charge >= 0.3 is 0 Å². The second-order valence-electron chi connectivity index (χ2n) is 2.45. The maximum Gasteiger partial charge on any atom is 0.145 e. The van der Waals surface area contributed by atoms with E-state index in [0.717, 1.165) is 0 Å². The van der Waals surface area contributed by atoms with Gasteiger partial charge in [-0.3, -0.25) is 4.98 Å². The molecular formula is C8H6BrN3O. The van der Waals surface area contributed by atoms with Gasteiger partial charge in [-0.1, -0.05) is 0 Å². The highest BCUT2D eigenvalue weighted by atomic mass is 79.9. The smallest absolute Gasteiger partial charge is 0.145 e. The molecule has 0 fully saturated rings. The number of rotatable bonds is 1. The van der Waals surface area contributed by atoms with Crippen molar-refractivity contribution in [1.29, 1.82) is 0 Å². The van der Waals surface area contributed by atoms with Gasteiger partial charge in [0.2, 0.25) is 0 Å². The predicted molar refractivity (Wildman–Crippen MR) is 51.2 cm³/mol. The lowest BCUT2D eigenvalue weighted by Crippen LogP contribution is -1.84. The fraction of sp³-hybridized carbons (Fsp3) is 0. The third kappa shape index (κ3) is 1.42. The molecule has 2 aromatic rings. The van der Waals surface area contributed by atoms with Gasteiger partial charge in [-0.25, -0.2) is 4.98 Å². The number of pyridine rings is 1. The minimum Gasteiger partial charge on any atom is -0.506 e. The fourth-order valence-corrected chi connectivity index (χ4v) is 1.57. The maximum atomic E-state index is 9.51. The van der Waals surface area contributed by atoms with Gasteiger partial charge < -0.3 is 10.1 Å². The molecule has 2 heterocycles. The molecule has 0 atom stereocenters. The number of aromatic hydroxyl groups is 1. The van der Waals surface area contributed by atoms with E-state index < -0.39 is 0 Å². The monoisotopic (exact) mass is 239 g/mol. The lowest BCUT2D eigenvalue weighted by Gasteiger charge is -2.02. The van der Waals surface area contributed by atoms with Gasteiger partial charge in [0.15, 0.2) is 0 Å². The Kier molecular flexibility index (Phi) is 2.02. The average Bonchev–Trinajstić information content (AvgIpc) is 2.57. The molecule has 0 unspecified atom stereocenters. The molecule has 0 saturated carbocycles. The molecule has 4 nitrogen and oxygen atoms in total. The van der Waals surface area contributed by atoms with Crippen LogP contribution in [-0.4, -0.2) is 20.1 Å². The highest BCUT2D eigenvalue weighted by Crippen LogP contribution is 2.32. The van der Waals surface area contributed by atoms with Crippen molar-refractivity contribution in [2.45, 2.75) is 0 Å². The molecule has 0 spiro atoms. The molecule has 0 aromatic carbocycles. The number of aromatic nitrogens is 3. The Bertz CT molecular complexity index is 393.